The van der Waals surface area contributed by atoms with Crippen molar-refractivity contribution in [2.75, 3.05) is 19.0 Å². The normalized spacial score (nSPS) is 25.7. The number of benzene rings is 2. The summed E-state index contributed by atoms with van der Waals surface area (Å²) in [7, 11) is 1.67. The molecule has 0 unspecified atom stereocenters. The van der Waals surface area contributed by atoms with Crippen LogP contribution in [-0.4, -0.2) is 20.0 Å². The van der Waals surface area contributed by atoms with Crippen molar-refractivity contribution in [3.63, 3.8) is 0 Å². The highest BCUT2D eigenvalue weighted by Gasteiger charge is 2.41. The molecule has 0 bridgehead atoms. The third-order valence-electron chi connectivity index (χ3n) is 4.64. The second-order valence-electron chi connectivity index (χ2n) is 6.03. The van der Waals surface area contributed by atoms with Gasteiger partial charge in [0.05, 0.1) is 19.8 Å². The van der Waals surface area contributed by atoms with Gasteiger partial charge < -0.3 is 19.5 Å². The van der Waals surface area contributed by atoms with E-state index in [0.29, 0.717) is 5.92 Å². The first-order valence-electron chi connectivity index (χ1n) is 8.13. The number of anilines is 1. The van der Waals surface area contributed by atoms with E-state index in [2.05, 4.69) is 23.5 Å². The SMILES string of the molecule is COc1cccc2c1O[C@@H]1OCCC[C@@H]1[C@@H]2Nc1ccccc1. The van der Waals surface area contributed by atoms with Crippen molar-refractivity contribution in [3.8, 4) is 11.5 Å². The molecular weight excluding hydrogens is 290 g/mol. The smallest absolute Gasteiger partial charge is 0.205 e. The van der Waals surface area contributed by atoms with Gasteiger partial charge in [0, 0.05) is 17.2 Å². The highest BCUT2D eigenvalue weighted by atomic mass is 16.7. The number of rotatable bonds is 3. The van der Waals surface area contributed by atoms with E-state index in [9.17, 15) is 0 Å². The Hall–Kier alpha value is -2.20. The van der Waals surface area contributed by atoms with Crippen LogP contribution in [0.15, 0.2) is 48.5 Å². The molecule has 3 atom stereocenters. The number of para-hydroxylation sites is 2. The van der Waals surface area contributed by atoms with Gasteiger partial charge in [0.2, 0.25) is 6.29 Å². The molecule has 0 aliphatic carbocycles. The first kappa shape index (κ1) is 14.4. The van der Waals surface area contributed by atoms with Crippen molar-refractivity contribution in [1.82, 2.24) is 0 Å². The van der Waals surface area contributed by atoms with Gasteiger partial charge >= 0.3 is 0 Å². The molecule has 1 saturated heterocycles. The average molecular weight is 311 g/mol. The van der Waals surface area contributed by atoms with Gasteiger partial charge in [0.15, 0.2) is 11.5 Å². The van der Waals surface area contributed by atoms with Crippen LogP contribution in [0.25, 0.3) is 0 Å². The molecule has 2 aliphatic heterocycles. The van der Waals surface area contributed by atoms with Crippen LogP contribution in [0.3, 0.4) is 0 Å². The van der Waals surface area contributed by atoms with Gasteiger partial charge in [-0.15, -0.1) is 0 Å². The molecule has 23 heavy (non-hydrogen) atoms. The summed E-state index contributed by atoms with van der Waals surface area (Å²) in [6.45, 7) is 0.754. The molecule has 2 heterocycles. The molecule has 2 aromatic carbocycles. The maximum absolute atomic E-state index is 6.14. The van der Waals surface area contributed by atoms with Crippen molar-refractivity contribution in [1.29, 1.82) is 0 Å². The summed E-state index contributed by atoms with van der Waals surface area (Å²) in [6, 6.07) is 16.5. The minimum Gasteiger partial charge on any atom is -0.493 e. The monoisotopic (exact) mass is 311 g/mol. The number of fused-ring (bicyclic) bond motifs is 2. The topological polar surface area (TPSA) is 39.7 Å². The van der Waals surface area contributed by atoms with E-state index in [1.165, 1.54) is 0 Å². The van der Waals surface area contributed by atoms with Gasteiger partial charge in [0.25, 0.3) is 0 Å². The first-order chi connectivity index (χ1) is 11.4. The lowest BCUT2D eigenvalue weighted by atomic mass is 9.84. The highest BCUT2D eigenvalue weighted by Crippen LogP contribution is 2.47. The summed E-state index contributed by atoms with van der Waals surface area (Å²) in [5, 5.41) is 3.67. The van der Waals surface area contributed by atoms with Crippen LogP contribution in [0, 0.1) is 5.92 Å². The summed E-state index contributed by atoms with van der Waals surface area (Å²) in [4.78, 5) is 0. The van der Waals surface area contributed by atoms with Gasteiger partial charge in [0.1, 0.15) is 0 Å². The lowest BCUT2D eigenvalue weighted by Gasteiger charge is -2.42. The molecule has 0 saturated carbocycles. The molecule has 4 heteroatoms. The molecule has 4 rings (SSSR count). The maximum atomic E-state index is 6.14. The number of methoxy groups -OCH3 is 1. The van der Waals surface area contributed by atoms with E-state index in [1.807, 2.05) is 30.3 Å². The van der Waals surface area contributed by atoms with Crippen LogP contribution >= 0.6 is 0 Å². The minimum atomic E-state index is -0.214. The average Bonchev–Trinajstić information content (AvgIpc) is 2.62. The van der Waals surface area contributed by atoms with Crippen molar-refractivity contribution >= 4 is 5.69 Å². The quantitative estimate of drug-likeness (QED) is 0.930. The Kier molecular flexibility index (Phi) is 3.83. The Balaban J connectivity index is 1.75. The van der Waals surface area contributed by atoms with Crippen molar-refractivity contribution in [2.45, 2.75) is 25.2 Å². The largest absolute Gasteiger partial charge is 0.493 e. The van der Waals surface area contributed by atoms with E-state index < -0.39 is 0 Å². The van der Waals surface area contributed by atoms with Crippen LogP contribution < -0.4 is 14.8 Å². The van der Waals surface area contributed by atoms with Gasteiger partial charge in [-0.3, -0.25) is 0 Å². The predicted octanol–water partition coefficient (Wildman–Crippen LogP) is 3.99. The molecule has 120 valence electrons. The zero-order valence-electron chi connectivity index (χ0n) is 13.2. The third-order valence-corrected chi connectivity index (χ3v) is 4.64. The molecule has 0 spiro atoms. The Morgan fingerprint density at radius 3 is 2.78 bits per heavy atom. The number of hydrogen-bond acceptors (Lipinski definition) is 4. The first-order valence-corrected chi connectivity index (χ1v) is 8.13. The molecule has 4 nitrogen and oxygen atoms in total. The molecular formula is C19H21NO3. The molecule has 0 aromatic heterocycles. The Labute approximate surface area is 136 Å². The van der Waals surface area contributed by atoms with Gasteiger partial charge in [-0.25, -0.2) is 0 Å². The van der Waals surface area contributed by atoms with E-state index in [4.69, 9.17) is 14.2 Å². The Morgan fingerprint density at radius 2 is 1.96 bits per heavy atom. The summed E-state index contributed by atoms with van der Waals surface area (Å²) >= 11 is 0. The summed E-state index contributed by atoms with van der Waals surface area (Å²) in [5.74, 6) is 1.85. The molecule has 2 aliphatic rings. The molecule has 0 amide bonds. The minimum absolute atomic E-state index is 0.154. The summed E-state index contributed by atoms with van der Waals surface area (Å²) < 4.78 is 17.5. The number of hydrogen-bond donors (Lipinski definition) is 1. The van der Waals surface area contributed by atoms with Gasteiger partial charge in [-0.1, -0.05) is 30.3 Å². The summed E-state index contributed by atoms with van der Waals surface area (Å²) in [5.41, 5.74) is 2.25. The van der Waals surface area contributed by atoms with Crippen molar-refractivity contribution in [3.05, 3.63) is 54.1 Å². The maximum Gasteiger partial charge on any atom is 0.205 e. The lowest BCUT2D eigenvalue weighted by molar-refractivity contribution is -0.155. The molecule has 1 fully saturated rings. The standard InChI is InChI=1S/C19H21NO3/c1-21-16-11-5-9-14-17(20-13-7-3-2-4-8-13)15-10-6-12-22-19(15)23-18(14)16/h2-5,7-9,11,15,17,19-20H,6,10,12H2,1H3/t15-,17-,19+/m1/s1. The fourth-order valence-corrected chi connectivity index (χ4v) is 3.53. The van der Waals surface area contributed by atoms with Crippen LogP contribution in [0.2, 0.25) is 0 Å². The van der Waals surface area contributed by atoms with Crippen LogP contribution in [0.1, 0.15) is 24.4 Å². The van der Waals surface area contributed by atoms with Gasteiger partial charge in [-0.05, 0) is 31.0 Å². The van der Waals surface area contributed by atoms with E-state index in [-0.39, 0.29) is 12.3 Å². The highest BCUT2D eigenvalue weighted by molar-refractivity contribution is 5.54. The molecule has 2 aromatic rings. The van der Waals surface area contributed by atoms with E-state index >= 15 is 0 Å². The number of nitrogens with one attached hydrogen (secondary N) is 1. The zero-order valence-corrected chi connectivity index (χ0v) is 13.2. The second kappa shape index (κ2) is 6.13. The summed E-state index contributed by atoms with van der Waals surface area (Å²) in [6.07, 6.45) is 1.94. The fourth-order valence-electron chi connectivity index (χ4n) is 3.53. The molecule has 1 N–H and O–H groups in total. The Bertz CT molecular complexity index is 674. The van der Waals surface area contributed by atoms with Crippen molar-refractivity contribution < 1.29 is 14.2 Å². The fraction of sp³-hybridized carbons (Fsp3) is 0.368. The van der Waals surface area contributed by atoms with Crippen LogP contribution in [0.4, 0.5) is 5.69 Å². The van der Waals surface area contributed by atoms with Crippen LogP contribution in [-0.2, 0) is 4.74 Å². The van der Waals surface area contributed by atoms with Crippen LogP contribution in [0.5, 0.6) is 11.5 Å². The van der Waals surface area contributed by atoms with Gasteiger partial charge in [-0.2, -0.15) is 0 Å². The van der Waals surface area contributed by atoms with E-state index in [0.717, 1.165) is 42.2 Å². The third kappa shape index (κ3) is 2.63. The predicted molar refractivity (Wildman–Crippen MR) is 88.9 cm³/mol. The lowest BCUT2D eigenvalue weighted by Crippen LogP contribution is -2.43. The molecule has 0 radical (unpaired) electrons. The van der Waals surface area contributed by atoms with Crippen molar-refractivity contribution in [2.24, 2.45) is 5.92 Å². The van der Waals surface area contributed by atoms with E-state index in [1.54, 1.807) is 7.11 Å². The zero-order chi connectivity index (χ0) is 15.6. The number of ether oxygens (including phenoxy) is 3. The Morgan fingerprint density at radius 1 is 1.09 bits per heavy atom. The second-order valence-corrected chi connectivity index (χ2v) is 6.03.